The molecule has 0 amide bonds. The van der Waals surface area contributed by atoms with Gasteiger partial charge in [-0.25, -0.2) is 4.98 Å². The van der Waals surface area contributed by atoms with Crippen LogP contribution < -0.4 is 15.4 Å². The molecule has 0 aliphatic carbocycles. The van der Waals surface area contributed by atoms with Crippen molar-refractivity contribution < 1.29 is 13.5 Å². The summed E-state index contributed by atoms with van der Waals surface area (Å²) in [5, 5.41) is 6.42. The summed E-state index contributed by atoms with van der Waals surface area (Å²) in [7, 11) is 4.05. The molecule has 0 saturated carbocycles. The SMILES string of the molecule is CN(C)CCCNc1nc(Nc2ccc(OC(F)F)cc2)cc(-c2ccccn2)n1. The molecule has 0 bridgehead atoms. The van der Waals surface area contributed by atoms with E-state index in [4.69, 9.17) is 0 Å². The molecule has 0 spiro atoms. The summed E-state index contributed by atoms with van der Waals surface area (Å²) in [5.41, 5.74) is 2.07. The molecule has 0 radical (unpaired) electrons. The average molecular weight is 414 g/mol. The van der Waals surface area contributed by atoms with Gasteiger partial charge in [-0.2, -0.15) is 13.8 Å². The fourth-order valence-electron chi connectivity index (χ4n) is 2.70. The lowest BCUT2D eigenvalue weighted by Gasteiger charge is -2.13. The monoisotopic (exact) mass is 414 g/mol. The summed E-state index contributed by atoms with van der Waals surface area (Å²) in [6.07, 6.45) is 2.65. The number of rotatable bonds is 10. The van der Waals surface area contributed by atoms with Gasteiger partial charge in [-0.05, 0) is 63.5 Å². The van der Waals surface area contributed by atoms with E-state index < -0.39 is 6.61 Å². The van der Waals surface area contributed by atoms with E-state index in [-0.39, 0.29) is 5.75 Å². The Kier molecular flexibility index (Phi) is 7.45. The smallest absolute Gasteiger partial charge is 0.387 e. The van der Waals surface area contributed by atoms with Crippen LogP contribution in [-0.2, 0) is 0 Å². The molecule has 2 heterocycles. The van der Waals surface area contributed by atoms with Crippen LogP contribution in [0.2, 0.25) is 0 Å². The molecule has 3 rings (SSSR count). The number of nitrogens with zero attached hydrogens (tertiary/aromatic N) is 4. The van der Waals surface area contributed by atoms with Gasteiger partial charge in [0.2, 0.25) is 5.95 Å². The standard InChI is InChI=1S/C21H24F2N6O/c1-29(2)13-5-12-25-21-27-18(17-6-3-4-11-24-17)14-19(28-21)26-15-7-9-16(10-8-15)30-20(22)23/h3-4,6-11,14,20H,5,12-13H2,1-2H3,(H2,25,26,27,28). The summed E-state index contributed by atoms with van der Waals surface area (Å²) in [4.78, 5) is 15.6. The Morgan fingerprint density at radius 3 is 2.50 bits per heavy atom. The van der Waals surface area contributed by atoms with Crippen molar-refractivity contribution in [1.82, 2.24) is 19.9 Å². The van der Waals surface area contributed by atoms with E-state index in [9.17, 15) is 8.78 Å². The van der Waals surface area contributed by atoms with E-state index in [2.05, 4.69) is 35.2 Å². The molecular weight excluding hydrogens is 390 g/mol. The third-order valence-electron chi connectivity index (χ3n) is 4.07. The topological polar surface area (TPSA) is 75.2 Å². The lowest BCUT2D eigenvalue weighted by molar-refractivity contribution is -0.0498. The number of halogens is 2. The van der Waals surface area contributed by atoms with E-state index in [1.807, 2.05) is 32.3 Å². The summed E-state index contributed by atoms with van der Waals surface area (Å²) < 4.78 is 29.0. The molecule has 0 fully saturated rings. The van der Waals surface area contributed by atoms with Crippen LogP contribution in [0.25, 0.3) is 11.4 Å². The quantitative estimate of drug-likeness (QED) is 0.481. The number of alkyl halides is 2. The van der Waals surface area contributed by atoms with Crippen LogP contribution >= 0.6 is 0 Å². The summed E-state index contributed by atoms with van der Waals surface area (Å²) in [6.45, 7) is -1.18. The molecule has 3 aromatic rings. The van der Waals surface area contributed by atoms with Crippen molar-refractivity contribution in [2.45, 2.75) is 13.0 Å². The summed E-state index contributed by atoms with van der Waals surface area (Å²) in [5.74, 6) is 1.14. The number of nitrogens with one attached hydrogen (secondary N) is 2. The minimum absolute atomic E-state index is 0.0932. The Balaban J connectivity index is 1.78. The Labute approximate surface area is 174 Å². The molecular formula is C21H24F2N6O. The van der Waals surface area contributed by atoms with Crippen molar-refractivity contribution in [1.29, 1.82) is 0 Å². The zero-order valence-corrected chi connectivity index (χ0v) is 16.8. The van der Waals surface area contributed by atoms with Crippen molar-refractivity contribution in [3.63, 3.8) is 0 Å². The third-order valence-corrected chi connectivity index (χ3v) is 4.07. The molecule has 0 atom stereocenters. The summed E-state index contributed by atoms with van der Waals surface area (Å²) in [6, 6.07) is 13.6. The maximum atomic E-state index is 12.3. The number of hydrogen-bond acceptors (Lipinski definition) is 7. The highest BCUT2D eigenvalue weighted by molar-refractivity contribution is 5.65. The highest BCUT2D eigenvalue weighted by Gasteiger charge is 2.09. The van der Waals surface area contributed by atoms with E-state index >= 15 is 0 Å². The first-order valence-corrected chi connectivity index (χ1v) is 9.50. The predicted octanol–water partition coefficient (Wildman–Crippen LogP) is 4.25. The van der Waals surface area contributed by atoms with Gasteiger partial charge < -0.3 is 20.3 Å². The Hall–Kier alpha value is -3.33. The van der Waals surface area contributed by atoms with Crippen LogP contribution in [0.1, 0.15) is 6.42 Å². The van der Waals surface area contributed by atoms with Crippen molar-refractivity contribution in [2.75, 3.05) is 37.8 Å². The second-order valence-electron chi connectivity index (χ2n) is 6.79. The van der Waals surface area contributed by atoms with Gasteiger partial charge in [-0.15, -0.1) is 0 Å². The van der Waals surface area contributed by atoms with E-state index in [1.54, 1.807) is 24.4 Å². The second kappa shape index (κ2) is 10.4. The number of benzene rings is 1. The molecule has 1 aromatic carbocycles. The first-order chi connectivity index (χ1) is 14.5. The number of anilines is 3. The second-order valence-corrected chi connectivity index (χ2v) is 6.79. The number of hydrogen-bond donors (Lipinski definition) is 2. The molecule has 7 nitrogen and oxygen atoms in total. The first kappa shape index (κ1) is 21.4. The highest BCUT2D eigenvalue weighted by atomic mass is 19.3. The van der Waals surface area contributed by atoms with Crippen molar-refractivity contribution >= 4 is 17.5 Å². The minimum Gasteiger partial charge on any atom is -0.435 e. The van der Waals surface area contributed by atoms with E-state index in [1.165, 1.54) is 12.1 Å². The maximum Gasteiger partial charge on any atom is 0.387 e. The van der Waals surface area contributed by atoms with Gasteiger partial charge in [-0.1, -0.05) is 6.07 Å². The van der Waals surface area contributed by atoms with Crippen molar-refractivity contribution in [2.24, 2.45) is 0 Å². The minimum atomic E-state index is -2.85. The van der Waals surface area contributed by atoms with Gasteiger partial charge in [0.1, 0.15) is 11.6 Å². The zero-order chi connectivity index (χ0) is 21.3. The molecule has 158 valence electrons. The Bertz CT molecular complexity index is 923. The average Bonchev–Trinajstić information content (AvgIpc) is 2.73. The Morgan fingerprint density at radius 2 is 1.83 bits per heavy atom. The van der Waals surface area contributed by atoms with Crippen LogP contribution in [-0.4, -0.2) is 53.6 Å². The van der Waals surface area contributed by atoms with Crippen LogP contribution in [0.15, 0.2) is 54.7 Å². The van der Waals surface area contributed by atoms with Crippen LogP contribution in [0, 0.1) is 0 Å². The number of pyridine rings is 1. The van der Waals surface area contributed by atoms with Gasteiger partial charge in [-0.3, -0.25) is 4.98 Å². The zero-order valence-electron chi connectivity index (χ0n) is 16.8. The molecule has 9 heteroatoms. The Morgan fingerprint density at radius 1 is 1.03 bits per heavy atom. The van der Waals surface area contributed by atoms with Crippen molar-refractivity contribution in [3.05, 3.63) is 54.7 Å². The van der Waals surface area contributed by atoms with Gasteiger partial charge in [0.05, 0.1) is 11.4 Å². The maximum absolute atomic E-state index is 12.3. The van der Waals surface area contributed by atoms with Gasteiger partial charge in [0.15, 0.2) is 0 Å². The molecule has 2 aromatic heterocycles. The lowest BCUT2D eigenvalue weighted by Crippen LogP contribution is -2.17. The van der Waals surface area contributed by atoms with E-state index in [0.29, 0.717) is 23.1 Å². The van der Waals surface area contributed by atoms with Crippen LogP contribution in [0.3, 0.4) is 0 Å². The predicted molar refractivity (Wildman–Crippen MR) is 113 cm³/mol. The molecule has 0 aliphatic heterocycles. The molecule has 0 unspecified atom stereocenters. The van der Waals surface area contributed by atoms with Crippen LogP contribution in [0.4, 0.5) is 26.2 Å². The van der Waals surface area contributed by atoms with Gasteiger partial charge >= 0.3 is 6.61 Å². The third kappa shape index (κ3) is 6.63. The molecule has 2 N–H and O–H groups in total. The van der Waals surface area contributed by atoms with Crippen LogP contribution in [0.5, 0.6) is 5.75 Å². The first-order valence-electron chi connectivity index (χ1n) is 9.50. The molecule has 0 aliphatic rings. The fraction of sp³-hybridized carbons (Fsp3) is 0.286. The van der Waals surface area contributed by atoms with Gasteiger partial charge in [0, 0.05) is 24.5 Å². The van der Waals surface area contributed by atoms with E-state index in [0.717, 1.165) is 25.2 Å². The highest BCUT2D eigenvalue weighted by Crippen LogP contribution is 2.24. The number of aromatic nitrogens is 3. The van der Waals surface area contributed by atoms with Gasteiger partial charge in [0.25, 0.3) is 0 Å². The largest absolute Gasteiger partial charge is 0.435 e. The van der Waals surface area contributed by atoms with Crippen molar-refractivity contribution in [3.8, 4) is 17.1 Å². The molecule has 0 saturated heterocycles. The fourth-order valence-corrected chi connectivity index (χ4v) is 2.70. The number of ether oxygens (including phenoxy) is 1. The normalized spacial score (nSPS) is 11.0. The molecule has 30 heavy (non-hydrogen) atoms. The summed E-state index contributed by atoms with van der Waals surface area (Å²) >= 11 is 0. The lowest BCUT2D eigenvalue weighted by atomic mass is 10.2.